The highest BCUT2D eigenvalue weighted by Crippen LogP contribution is 2.20. The van der Waals surface area contributed by atoms with Gasteiger partial charge in [-0.15, -0.1) is 5.10 Å². The number of hydrogen-bond acceptors (Lipinski definition) is 9. The van der Waals surface area contributed by atoms with Crippen LogP contribution in [0.25, 0.3) is 11.2 Å². The van der Waals surface area contributed by atoms with Gasteiger partial charge in [-0.05, 0) is 5.21 Å². The van der Waals surface area contributed by atoms with Gasteiger partial charge in [-0.2, -0.15) is 0 Å². The Labute approximate surface area is 106 Å². The third-order valence-corrected chi connectivity index (χ3v) is 2.79. The van der Waals surface area contributed by atoms with Crippen molar-refractivity contribution in [2.75, 3.05) is 6.61 Å². The maximum absolute atomic E-state index is 9.72. The predicted octanol–water partition coefficient (Wildman–Crippen LogP) is -2.91. The van der Waals surface area contributed by atoms with Crippen molar-refractivity contribution in [2.24, 2.45) is 0 Å². The van der Waals surface area contributed by atoms with Crippen molar-refractivity contribution in [1.82, 2.24) is 25.1 Å². The number of nitrogens with zero attached hydrogens (tertiary/aromatic N) is 5. The van der Waals surface area contributed by atoms with E-state index >= 15 is 0 Å². The molecule has 3 heterocycles. The summed E-state index contributed by atoms with van der Waals surface area (Å²) in [7, 11) is 0. The van der Waals surface area contributed by atoms with Gasteiger partial charge in [0.1, 0.15) is 24.6 Å². The molecule has 0 radical (unpaired) electrons. The van der Waals surface area contributed by atoms with Gasteiger partial charge in [-0.25, -0.2) is 9.97 Å². The van der Waals surface area contributed by atoms with Gasteiger partial charge in [0.2, 0.25) is 5.65 Å². The SMILES string of the molecule is OC[C@H]1O[C@@H](On2nnc3cncnc32)[C@H](O)[C@@H]1O. The molecule has 3 rings (SSSR count). The Morgan fingerprint density at radius 2 is 2.21 bits per heavy atom. The summed E-state index contributed by atoms with van der Waals surface area (Å²) in [5.74, 6) is 0. The maximum atomic E-state index is 9.72. The van der Waals surface area contributed by atoms with E-state index in [1.165, 1.54) is 12.5 Å². The highest BCUT2D eigenvalue weighted by atomic mass is 16.8. The van der Waals surface area contributed by atoms with Crippen molar-refractivity contribution in [2.45, 2.75) is 24.6 Å². The molecule has 10 nitrogen and oxygen atoms in total. The van der Waals surface area contributed by atoms with Gasteiger partial charge in [0.15, 0.2) is 5.52 Å². The number of hydrogen-bond donors (Lipinski definition) is 3. The number of fused-ring (bicyclic) bond motifs is 1. The standard InChI is InChI=1S/C9H11N5O5/c15-2-5-6(16)7(17)9(18-5)19-14-8-4(12-13-14)1-10-3-11-8/h1,3,5-7,9,15-17H,2H2/t5-,6-,7-,9+/m1/s1. The lowest BCUT2D eigenvalue weighted by atomic mass is 10.1. The van der Waals surface area contributed by atoms with Crippen molar-refractivity contribution in [3.63, 3.8) is 0 Å². The number of rotatable bonds is 3. The van der Waals surface area contributed by atoms with Crippen LogP contribution < -0.4 is 4.84 Å². The first-order chi connectivity index (χ1) is 9.20. The molecule has 0 aliphatic carbocycles. The van der Waals surface area contributed by atoms with Crippen LogP contribution in [0.2, 0.25) is 0 Å². The van der Waals surface area contributed by atoms with Crippen LogP contribution in [0.3, 0.4) is 0 Å². The first-order valence-electron chi connectivity index (χ1n) is 5.51. The normalized spacial score (nSPS) is 30.9. The zero-order valence-electron chi connectivity index (χ0n) is 9.57. The zero-order chi connectivity index (χ0) is 13.4. The van der Waals surface area contributed by atoms with Crippen LogP contribution in [0.5, 0.6) is 0 Å². The third kappa shape index (κ3) is 2.00. The van der Waals surface area contributed by atoms with Gasteiger partial charge < -0.3 is 24.9 Å². The van der Waals surface area contributed by atoms with Gasteiger partial charge in [0, 0.05) is 0 Å². The molecule has 19 heavy (non-hydrogen) atoms. The molecule has 102 valence electrons. The number of aliphatic hydroxyl groups excluding tert-OH is 3. The third-order valence-electron chi connectivity index (χ3n) is 2.79. The zero-order valence-corrected chi connectivity index (χ0v) is 9.57. The largest absolute Gasteiger partial charge is 0.394 e. The monoisotopic (exact) mass is 269 g/mol. The van der Waals surface area contributed by atoms with Crippen LogP contribution in [-0.2, 0) is 4.74 Å². The van der Waals surface area contributed by atoms with Crippen LogP contribution in [0.15, 0.2) is 12.5 Å². The smallest absolute Gasteiger partial charge is 0.256 e. The van der Waals surface area contributed by atoms with E-state index in [1.54, 1.807) is 0 Å². The summed E-state index contributed by atoms with van der Waals surface area (Å²) in [5, 5.41) is 35.7. The molecular weight excluding hydrogens is 258 g/mol. The highest BCUT2D eigenvalue weighted by molar-refractivity contribution is 5.67. The van der Waals surface area contributed by atoms with Gasteiger partial charge in [0.25, 0.3) is 6.29 Å². The van der Waals surface area contributed by atoms with E-state index in [-0.39, 0.29) is 0 Å². The molecule has 0 saturated carbocycles. The molecule has 3 N–H and O–H groups in total. The first-order valence-corrected chi connectivity index (χ1v) is 5.51. The van der Waals surface area contributed by atoms with Crippen LogP contribution in [-0.4, -0.2) is 71.7 Å². The second-order valence-electron chi connectivity index (χ2n) is 4.01. The Balaban J connectivity index is 1.82. The fraction of sp³-hybridized carbons (Fsp3) is 0.556. The Morgan fingerprint density at radius 1 is 1.37 bits per heavy atom. The van der Waals surface area contributed by atoms with Gasteiger partial charge in [-0.1, -0.05) is 4.85 Å². The molecule has 2 aromatic heterocycles. The minimum atomic E-state index is -1.31. The summed E-state index contributed by atoms with van der Waals surface area (Å²) in [4.78, 5) is 13.9. The van der Waals surface area contributed by atoms with Crippen LogP contribution in [0.1, 0.15) is 0 Å². The van der Waals surface area contributed by atoms with E-state index in [0.29, 0.717) is 11.2 Å². The number of aliphatic hydroxyl groups is 3. The van der Waals surface area contributed by atoms with E-state index < -0.39 is 31.2 Å². The van der Waals surface area contributed by atoms with E-state index in [0.717, 1.165) is 4.85 Å². The Hall–Kier alpha value is -1.88. The lowest BCUT2D eigenvalue weighted by Gasteiger charge is -2.14. The molecule has 10 heteroatoms. The Bertz CT molecular complexity index is 577. The molecule has 0 amide bonds. The van der Waals surface area contributed by atoms with E-state index in [4.69, 9.17) is 14.7 Å². The second kappa shape index (κ2) is 4.66. The molecule has 0 unspecified atom stereocenters. The van der Waals surface area contributed by atoms with Gasteiger partial charge in [-0.3, -0.25) is 0 Å². The fourth-order valence-electron chi connectivity index (χ4n) is 1.79. The summed E-state index contributed by atoms with van der Waals surface area (Å²) in [6.45, 7) is -0.432. The Morgan fingerprint density at radius 3 is 2.95 bits per heavy atom. The van der Waals surface area contributed by atoms with Crippen molar-refractivity contribution in [1.29, 1.82) is 0 Å². The summed E-state index contributed by atoms with van der Waals surface area (Å²) in [6.07, 6.45) is -1.89. The number of ether oxygens (including phenoxy) is 1. The van der Waals surface area contributed by atoms with Gasteiger partial charge in [0.05, 0.1) is 12.8 Å². The van der Waals surface area contributed by atoms with Gasteiger partial charge >= 0.3 is 0 Å². The molecule has 4 atom stereocenters. The molecule has 1 fully saturated rings. The maximum Gasteiger partial charge on any atom is 0.256 e. The van der Waals surface area contributed by atoms with Crippen molar-refractivity contribution in [3.8, 4) is 0 Å². The van der Waals surface area contributed by atoms with Crippen LogP contribution >= 0.6 is 0 Å². The quantitative estimate of drug-likeness (QED) is 0.535. The predicted molar refractivity (Wildman–Crippen MR) is 57.5 cm³/mol. The van der Waals surface area contributed by atoms with Crippen molar-refractivity contribution in [3.05, 3.63) is 12.5 Å². The van der Waals surface area contributed by atoms with Crippen LogP contribution in [0, 0.1) is 0 Å². The molecule has 1 saturated heterocycles. The van der Waals surface area contributed by atoms with E-state index in [1.807, 2.05) is 0 Å². The lowest BCUT2D eigenvalue weighted by Crippen LogP contribution is -2.38. The lowest BCUT2D eigenvalue weighted by molar-refractivity contribution is -0.176. The van der Waals surface area contributed by atoms with E-state index in [9.17, 15) is 10.2 Å². The van der Waals surface area contributed by atoms with E-state index in [2.05, 4.69) is 20.3 Å². The van der Waals surface area contributed by atoms with Crippen molar-refractivity contribution >= 4 is 11.2 Å². The summed E-state index contributed by atoms with van der Waals surface area (Å²) in [5.41, 5.74) is 0.710. The topological polar surface area (TPSA) is 136 Å². The second-order valence-corrected chi connectivity index (χ2v) is 4.01. The molecule has 0 spiro atoms. The first kappa shape index (κ1) is 12.2. The van der Waals surface area contributed by atoms with Crippen LogP contribution in [0.4, 0.5) is 0 Å². The molecule has 2 aromatic rings. The minimum Gasteiger partial charge on any atom is -0.394 e. The Kier molecular flexibility index (Phi) is 2.98. The average Bonchev–Trinajstić information content (AvgIpc) is 2.96. The molecule has 1 aliphatic heterocycles. The summed E-state index contributed by atoms with van der Waals surface area (Å²) >= 11 is 0. The average molecular weight is 269 g/mol. The highest BCUT2D eigenvalue weighted by Gasteiger charge is 2.44. The fourth-order valence-corrected chi connectivity index (χ4v) is 1.79. The molecule has 1 aliphatic rings. The van der Waals surface area contributed by atoms with Crippen molar-refractivity contribution < 1.29 is 24.9 Å². The molecular formula is C9H11N5O5. The molecule has 0 bridgehead atoms. The molecule has 0 aromatic carbocycles. The number of aromatic nitrogens is 5. The summed E-state index contributed by atoms with van der Waals surface area (Å²) in [6, 6.07) is 0. The minimum absolute atomic E-state index is 0.299. The summed E-state index contributed by atoms with van der Waals surface area (Å²) < 4.78 is 5.15.